The quantitative estimate of drug-likeness (QED) is 0.694. The molecule has 2 aromatic rings. The summed E-state index contributed by atoms with van der Waals surface area (Å²) in [5, 5.41) is 5.23. The molecule has 2 rings (SSSR count). The predicted octanol–water partition coefficient (Wildman–Crippen LogP) is 4.56. The minimum atomic E-state index is -0.947. The Morgan fingerprint density at radius 1 is 1.07 bits per heavy atom. The molecule has 0 radical (unpaired) electrons. The zero-order valence-electron chi connectivity index (χ0n) is 16.5. The summed E-state index contributed by atoms with van der Waals surface area (Å²) in [7, 11) is 0. The topological polar surface area (TPSA) is 84.5 Å². The van der Waals surface area contributed by atoms with E-state index in [0.717, 1.165) is 0 Å². The van der Waals surface area contributed by atoms with Gasteiger partial charge in [-0.05, 0) is 58.0 Å². The lowest BCUT2D eigenvalue weighted by molar-refractivity contribution is -0.117. The van der Waals surface area contributed by atoms with Crippen molar-refractivity contribution in [3.05, 3.63) is 64.4 Å². The van der Waals surface area contributed by atoms with Crippen molar-refractivity contribution >= 4 is 35.1 Å². The second-order valence-electron chi connectivity index (χ2n) is 7.36. The summed E-state index contributed by atoms with van der Waals surface area (Å²) in [5.74, 6) is -1.90. The Hall–Kier alpha value is -2.93. The van der Waals surface area contributed by atoms with E-state index in [9.17, 15) is 18.8 Å². The van der Waals surface area contributed by atoms with Gasteiger partial charge < -0.3 is 15.4 Å². The van der Waals surface area contributed by atoms with E-state index in [4.69, 9.17) is 16.3 Å². The molecule has 0 spiro atoms. The van der Waals surface area contributed by atoms with Gasteiger partial charge in [0.15, 0.2) is 5.78 Å². The number of carbonyl (C=O) groups is 3. The Balaban J connectivity index is 2.21. The lowest BCUT2D eigenvalue weighted by Gasteiger charge is -2.22. The van der Waals surface area contributed by atoms with E-state index >= 15 is 0 Å². The van der Waals surface area contributed by atoms with Gasteiger partial charge in [0.2, 0.25) is 5.91 Å². The van der Waals surface area contributed by atoms with Crippen LogP contribution in [0.25, 0.3) is 0 Å². The number of rotatable bonds is 5. The molecule has 0 aromatic heterocycles. The molecule has 0 aliphatic carbocycles. The summed E-state index contributed by atoms with van der Waals surface area (Å²) in [6, 6.07) is 8.84. The van der Waals surface area contributed by atoms with Gasteiger partial charge in [-0.15, -0.1) is 0 Å². The molecule has 0 heterocycles. The SMILES string of the molecule is CC(NC(=O)OC(C)(C)C)C(=O)Nc1ccc(Cl)cc1C(=O)c1ccccc1F. The van der Waals surface area contributed by atoms with Crippen molar-refractivity contribution in [3.8, 4) is 0 Å². The summed E-state index contributed by atoms with van der Waals surface area (Å²) in [6.45, 7) is 6.57. The van der Waals surface area contributed by atoms with Crippen LogP contribution >= 0.6 is 11.6 Å². The first-order valence-corrected chi connectivity index (χ1v) is 9.25. The standard InChI is InChI=1S/C21H22ClFN2O4/c1-12(24-20(28)29-21(2,3)4)19(27)25-17-10-9-13(22)11-15(17)18(26)14-7-5-6-8-16(14)23/h5-12H,1-4H3,(H,24,28)(H,25,27). The number of alkyl carbamates (subject to hydrolysis) is 1. The van der Waals surface area contributed by atoms with Crippen molar-refractivity contribution in [3.63, 3.8) is 0 Å². The van der Waals surface area contributed by atoms with Crippen LogP contribution in [0.15, 0.2) is 42.5 Å². The number of ketones is 1. The first-order chi connectivity index (χ1) is 13.5. The number of carbonyl (C=O) groups excluding carboxylic acids is 3. The van der Waals surface area contributed by atoms with Gasteiger partial charge in [0.25, 0.3) is 0 Å². The second kappa shape index (κ2) is 9.05. The predicted molar refractivity (Wildman–Crippen MR) is 109 cm³/mol. The zero-order valence-corrected chi connectivity index (χ0v) is 17.3. The largest absolute Gasteiger partial charge is 0.444 e. The Labute approximate surface area is 173 Å². The van der Waals surface area contributed by atoms with Crippen molar-refractivity contribution in [2.75, 3.05) is 5.32 Å². The zero-order chi connectivity index (χ0) is 21.8. The molecule has 0 aliphatic rings. The molecule has 6 nitrogen and oxygen atoms in total. The molecule has 8 heteroatoms. The average molecular weight is 421 g/mol. The molecular weight excluding hydrogens is 399 g/mol. The first-order valence-electron chi connectivity index (χ1n) is 8.87. The van der Waals surface area contributed by atoms with Crippen molar-refractivity contribution in [2.45, 2.75) is 39.3 Å². The summed E-state index contributed by atoms with van der Waals surface area (Å²) in [4.78, 5) is 37.1. The lowest BCUT2D eigenvalue weighted by Crippen LogP contribution is -2.44. The number of ether oxygens (including phenoxy) is 1. The number of nitrogens with one attached hydrogen (secondary N) is 2. The van der Waals surface area contributed by atoms with Crippen molar-refractivity contribution in [1.82, 2.24) is 5.32 Å². The van der Waals surface area contributed by atoms with Crippen LogP contribution in [0.1, 0.15) is 43.6 Å². The number of halogens is 2. The molecule has 154 valence electrons. The summed E-state index contributed by atoms with van der Waals surface area (Å²) < 4.78 is 19.1. The number of amides is 2. The smallest absolute Gasteiger partial charge is 0.408 e. The van der Waals surface area contributed by atoms with E-state index in [2.05, 4.69) is 10.6 Å². The molecular formula is C21H22ClFN2O4. The summed E-state index contributed by atoms with van der Waals surface area (Å²) in [5.41, 5.74) is -0.688. The lowest BCUT2D eigenvalue weighted by atomic mass is 10.0. The Morgan fingerprint density at radius 3 is 2.34 bits per heavy atom. The Kier molecular flexibility index (Phi) is 6.97. The maximum Gasteiger partial charge on any atom is 0.408 e. The number of hydrogen-bond acceptors (Lipinski definition) is 4. The van der Waals surface area contributed by atoms with Gasteiger partial charge in [-0.2, -0.15) is 0 Å². The molecule has 0 saturated carbocycles. The molecule has 2 amide bonds. The van der Waals surface area contributed by atoms with E-state index in [1.807, 2.05) is 0 Å². The molecule has 0 aliphatic heterocycles. The third-order valence-electron chi connectivity index (χ3n) is 3.73. The van der Waals surface area contributed by atoms with E-state index < -0.39 is 35.2 Å². The highest BCUT2D eigenvalue weighted by atomic mass is 35.5. The van der Waals surface area contributed by atoms with Gasteiger partial charge in [-0.25, -0.2) is 9.18 Å². The molecule has 0 saturated heterocycles. The maximum atomic E-state index is 14.0. The van der Waals surface area contributed by atoms with Gasteiger partial charge in [-0.3, -0.25) is 9.59 Å². The van der Waals surface area contributed by atoms with Gasteiger partial charge in [0.05, 0.1) is 11.3 Å². The van der Waals surface area contributed by atoms with Crippen LogP contribution in [0, 0.1) is 5.82 Å². The maximum absolute atomic E-state index is 14.0. The summed E-state index contributed by atoms with van der Waals surface area (Å²) in [6.07, 6.45) is -0.751. The van der Waals surface area contributed by atoms with Crippen LogP contribution < -0.4 is 10.6 Å². The molecule has 1 atom stereocenters. The molecule has 0 bridgehead atoms. The highest BCUT2D eigenvalue weighted by Crippen LogP contribution is 2.25. The van der Waals surface area contributed by atoms with E-state index in [-0.39, 0.29) is 21.8 Å². The van der Waals surface area contributed by atoms with E-state index in [1.54, 1.807) is 20.8 Å². The number of hydrogen-bond donors (Lipinski definition) is 2. The van der Waals surface area contributed by atoms with Gasteiger partial charge in [0, 0.05) is 10.6 Å². The molecule has 1 unspecified atom stereocenters. The summed E-state index contributed by atoms with van der Waals surface area (Å²) >= 11 is 5.99. The number of benzene rings is 2. The van der Waals surface area contributed by atoms with Crippen LogP contribution in [0.3, 0.4) is 0 Å². The van der Waals surface area contributed by atoms with Gasteiger partial charge in [0.1, 0.15) is 17.5 Å². The third-order valence-corrected chi connectivity index (χ3v) is 3.96. The number of anilines is 1. The fourth-order valence-corrected chi connectivity index (χ4v) is 2.57. The minimum absolute atomic E-state index is 0.0282. The monoisotopic (exact) mass is 420 g/mol. The van der Waals surface area contributed by atoms with Crippen LogP contribution in [0.4, 0.5) is 14.9 Å². The van der Waals surface area contributed by atoms with Gasteiger partial charge in [-0.1, -0.05) is 23.7 Å². The van der Waals surface area contributed by atoms with Crippen molar-refractivity contribution in [2.24, 2.45) is 0 Å². The van der Waals surface area contributed by atoms with Crippen molar-refractivity contribution in [1.29, 1.82) is 0 Å². The molecule has 0 fully saturated rings. The highest BCUT2D eigenvalue weighted by molar-refractivity contribution is 6.31. The van der Waals surface area contributed by atoms with Crippen LogP contribution in [0.2, 0.25) is 5.02 Å². The first kappa shape index (κ1) is 22.4. The second-order valence-corrected chi connectivity index (χ2v) is 7.79. The third kappa shape index (κ3) is 6.29. The molecule has 2 aromatic carbocycles. The van der Waals surface area contributed by atoms with Crippen LogP contribution in [-0.2, 0) is 9.53 Å². The van der Waals surface area contributed by atoms with Crippen LogP contribution in [0.5, 0.6) is 0 Å². The Bertz CT molecular complexity index is 941. The average Bonchev–Trinajstić information content (AvgIpc) is 2.61. The molecule has 29 heavy (non-hydrogen) atoms. The highest BCUT2D eigenvalue weighted by Gasteiger charge is 2.23. The van der Waals surface area contributed by atoms with E-state index in [0.29, 0.717) is 0 Å². The van der Waals surface area contributed by atoms with Crippen molar-refractivity contribution < 1.29 is 23.5 Å². The normalized spacial score (nSPS) is 12.1. The van der Waals surface area contributed by atoms with E-state index in [1.165, 1.54) is 49.4 Å². The molecule has 2 N–H and O–H groups in total. The fraction of sp³-hybridized carbons (Fsp3) is 0.286. The van der Waals surface area contributed by atoms with Gasteiger partial charge >= 0.3 is 6.09 Å². The Morgan fingerprint density at radius 2 is 1.72 bits per heavy atom. The van der Waals surface area contributed by atoms with Crippen LogP contribution in [-0.4, -0.2) is 29.4 Å². The minimum Gasteiger partial charge on any atom is -0.444 e. The fourth-order valence-electron chi connectivity index (χ4n) is 2.39.